The Kier molecular flexibility index (Phi) is 4.39. The van der Waals surface area contributed by atoms with Gasteiger partial charge >= 0.3 is 0 Å². The van der Waals surface area contributed by atoms with Crippen LogP contribution in [0.25, 0.3) is 0 Å². The van der Waals surface area contributed by atoms with Gasteiger partial charge in [-0.15, -0.1) is 0 Å². The number of aliphatic hydroxyl groups is 1. The first-order valence-electron chi connectivity index (χ1n) is 8.82. The van der Waals surface area contributed by atoms with Gasteiger partial charge in [-0.2, -0.15) is 0 Å². The standard InChI is InChI=1S/C18H27N3O4/c1-12-15(19-11-25-12)16(24)20-7-5-18(6-8-20)9-14(23)17(3,4)21(10-18)13(2)22/h11,14,23H,5-10H2,1-4H3. The summed E-state index contributed by atoms with van der Waals surface area (Å²) in [6.07, 6.45) is 2.93. The molecule has 25 heavy (non-hydrogen) atoms. The van der Waals surface area contributed by atoms with E-state index >= 15 is 0 Å². The quantitative estimate of drug-likeness (QED) is 0.832. The van der Waals surface area contributed by atoms with Gasteiger partial charge in [0.25, 0.3) is 5.91 Å². The SMILES string of the molecule is CC(=O)N1CC2(CCN(C(=O)c3ncoc3C)CC2)CC(O)C1(C)C. The first kappa shape index (κ1) is 17.9. The van der Waals surface area contributed by atoms with E-state index in [0.717, 1.165) is 12.8 Å². The van der Waals surface area contributed by atoms with Gasteiger partial charge in [-0.05, 0) is 45.4 Å². The second-order valence-corrected chi connectivity index (χ2v) is 8.03. The Morgan fingerprint density at radius 1 is 1.32 bits per heavy atom. The van der Waals surface area contributed by atoms with Crippen molar-refractivity contribution in [3.63, 3.8) is 0 Å². The van der Waals surface area contributed by atoms with Crippen molar-refractivity contribution in [2.45, 2.75) is 58.6 Å². The number of carbonyl (C=O) groups excluding carboxylic acids is 2. The molecule has 3 rings (SSSR count). The van der Waals surface area contributed by atoms with Crippen LogP contribution in [-0.2, 0) is 4.79 Å². The number of aromatic nitrogens is 1. The van der Waals surface area contributed by atoms with Crippen molar-refractivity contribution in [2.24, 2.45) is 5.41 Å². The van der Waals surface area contributed by atoms with E-state index in [4.69, 9.17) is 4.42 Å². The third kappa shape index (κ3) is 3.05. The van der Waals surface area contributed by atoms with Crippen LogP contribution in [-0.4, -0.2) is 63.0 Å². The summed E-state index contributed by atoms with van der Waals surface area (Å²) in [6.45, 7) is 8.96. The third-order valence-corrected chi connectivity index (χ3v) is 6.07. The van der Waals surface area contributed by atoms with Crippen LogP contribution in [0.3, 0.4) is 0 Å². The molecule has 1 N–H and O–H groups in total. The van der Waals surface area contributed by atoms with E-state index < -0.39 is 11.6 Å². The van der Waals surface area contributed by atoms with E-state index in [1.54, 1.807) is 23.6 Å². The highest BCUT2D eigenvalue weighted by Crippen LogP contribution is 2.45. The van der Waals surface area contributed by atoms with E-state index in [2.05, 4.69) is 4.98 Å². The van der Waals surface area contributed by atoms with Crippen molar-refractivity contribution in [1.82, 2.24) is 14.8 Å². The lowest BCUT2D eigenvalue weighted by Crippen LogP contribution is -2.64. The van der Waals surface area contributed by atoms with Crippen LogP contribution in [0.15, 0.2) is 10.8 Å². The maximum atomic E-state index is 12.6. The Hall–Kier alpha value is -1.89. The van der Waals surface area contributed by atoms with Gasteiger partial charge in [-0.3, -0.25) is 9.59 Å². The molecule has 1 spiro atoms. The Balaban J connectivity index is 1.72. The summed E-state index contributed by atoms with van der Waals surface area (Å²) in [4.78, 5) is 32.3. The van der Waals surface area contributed by atoms with Crippen LogP contribution in [0.4, 0.5) is 0 Å². The maximum Gasteiger partial charge on any atom is 0.276 e. The Labute approximate surface area is 148 Å². The summed E-state index contributed by atoms with van der Waals surface area (Å²) in [7, 11) is 0. The topological polar surface area (TPSA) is 86.9 Å². The van der Waals surface area contributed by atoms with Gasteiger partial charge < -0.3 is 19.3 Å². The molecule has 2 aliphatic rings. The van der Waals surface area contributed by atoms with Crippen LogP contribution >= 0.6 is 0 Å². The number of hydrogen-bond acceptors (Lipinski definition) is 5. The number of rotatable bonds is 1. The van der Waals surface area contributed by atoms with Gasteiger partial charge in [0.05, 0.1) is 11.6 Å². The fourth-order valence-corrected chi connectivity index (χ4v) is 4.17. The van der Waals surface area contributed by atoms with E-state index in [-0.39, 0.29) is 17.2 Å². The number of piperidine rings is 2. The van der Waals surface area contributed by atoms with Crippen LogP contribution in [0, 0.1) is 12.3 Å². The molecule has 0 aliphatic carbocycles. The molecule has 2 amide bonds. The second-order valence-electron chi connectivity index (χ2n) is 8.03. The number of aliphatic hydroxyl groups excluding tert-OH is 1. The van der Waals surface area contributed by atoms with Crippen LogP contribution < -0.4 is 0 Å². The van der Waals surface area contributed by atoms with Crippen molar-refractivity contribution in [2.75, 3.05) is 19.6 Å². The second kappa shape index (κ2) is 6.12. The number of nitrogens with zero attached hydrogens (tertiary/aromatic N) is 3. The molecule has 138 valence electrons. The molecule has 1 atom stereocenters. The predicted molar refractivity (Wildman–Crippen MR) is 90.9 cm³/mol. The molecule has 2 fully saturated rings. The van der Waals surface area contributed by atoms with Gasteiger partial charge in [-0.25, -0.2) is 4.98 Å². The minimum atomic E-state index is -0.565. The normalized spacial score (nSPS) is 25.2. The lowest BCUT2D eigenvalue weighted by molar-refractivity contribution is -0.156. The maximum absolute atomic E-state index is 12.6. The lowest BCUT2D eigenvalue weighted by atomic mass is 9.67. The number of aryl methyl sites for hydroxylation is 1. The summed E-state index contributed by atoms with van der Waals surface area (Å²) >= 11 is 0. The minimum Gasteiger partial charge on any atom is -0.448 e. The van der Waals surface area contributed by atoms with Crippen molar-refractivity contribution in [3.8, 4) is 0 Å². The third-order valence-electron chi connectivity index (χ3n) is 6.07. The average molecular weight is 349 g/mol. The highest BCUT2D eigenvalue weighted by Gasteiger charge is 2.50. The smallest absolute Gasteiger partial charge is 0.276 e. The molecule has 0 aromatic carbocycles. The molecule has 0 radical (unpaired) electrons. The van der Waals surface area contributed by atoms with Gasteiger partial charge in [0.1, 0.15) is 5.76 Å². The number of amides is 2. The van der Waals surface area contributed by atoms with Gasteiger partial charge in [0.2, 0.25) is 5.91 Å². The molecule has 0 bridgehead atoms. The first-order valence-corrected chi connectivity index (χ1v) is 8.82. The fourth-order valence-electron chi connectivity index (χ4n) is 4.17. The molecule has 1 aromatic heterocycles. The monoisotopic (exact) mass is 349 g/mol. The zero-order valence-electron chi connectivity index (χ0n) is 15.4. The molecular weight excluding hydrogens is 322 g/mol. The Morgan fingerprint density at radius 2 is 1.96 bits per heavy atom. The molecule has 3 heterocycles. The number of oxazole rings is 1. The van der Waals surface area contributed by atoms with E-state index in [1.165, 1.54) is 6.39 Å². The van der Waals surface area contributed by atoms with E-state index in [9.17, 15) is 14.7 Å². The van der Waals surface area contributed by atoms with Crippen molar-refractivity contribution in [1.29, 1.82) is 0 Å². The van der Waals surface area contributed by atoms with Gasteiger partial charge in [0, 0.05) is 26.6 Å². The zero-order chi connectivity index (χ0) is 18.4. The summed E-state index contributed by atoms with van der Waals surface area (Å²) in [5.41, 5.74) is -0.316. The Bertz CT molecular complexity index is 674. The van der Waals surface area contributed by atoms with Crippen molar-refractivity contribution in [3.05, 3.63) is 17.8 Å². The van der Waals surface area contributed by atoms with E-state index in [0.29, 0.717) is 37.5 Å². The largest absolute Gasteiger partial charge is 0.448 e. The van der Waals surface area contributed by atoms with E-state index in [1.807, 2.05) is 13.8 Å². The zero-order valence-corrected chi connectivity index (χ0v) is 15.4. The molecule has 1 aromatic rings. The molecule has 2 aliphatic heterocycles. The van der Waals surface area contributed by atoms with Crippen molar-refractivity contribution < 1.29 is 19.1 Å². The number of hydrogen-bond donors (Lipinski definition) is 1. The predicted octanol–water partition coefficient (Wildman–Crippen LogP) is 1.60. The average Bonchev–Trinajstić information content (AvgIpc) is 2.97. The van der Waals surface area contributed by atoms with Crippen molar-refractivity contribution >= 4 is 11.8 Å². The molecule has 7 nitrogen and oxygen atoms in total. The summed E-state index contributed by atoms with van der Waals surface area (Å²) in [6, 6.07) is 0. The molecule has 1 unspecified atom stereocenters. The highest BCUT2D eigenvalue weighted by atomic mass is 16.3. The summed E-state index contributed by atoms with van der Waals surface area (Å²) < 4.78 is 5.13. The van der Waals surface area contributed by atoms with Crippen LogP contribution in [0.5, 0.6) is 0 Å². The fraction of sp³-hybridized carbons (Fsp3) is 0.722. The van der Waals surface area contributed by atoms with Crippen LogP contribution in [0.1, 0.15) is 56.3 Å². The van der Waals surface area contributed by atoms with Gasteiger partial charge in [-0.1, -0.05) is 0 Å². The summed E-state index contributed by atoms with van der Waals surface area (Å²) in [5.74, 6) is 0.406. The molecule has 0 saturated carbocycles. The Morgan fingerprint density at radius 3 is 2.48 bits per heavy atom. The summed E-state index contributed by atoms with van der Waals surface area (Å²) in [5, 5.41) is 10.6. The lowest BCUT2D eigenvalue weighted by Gasteiger charge is -2.55. The number of likely N-dealkylation sites (tertiary alicyclic amines) is 2. The molecule has 7 heteroatoms. The first-order chi connectivity index (χ1) is 11.7. The van der Waals surface area contributed by atoms with Crippen LogP contribution in [0.2, 0.25) is 0 Å². The minimum absolute atomic E-state index is 0.0140. The molecule has 2 saturated heterocycles. The number of carbonyl (C=O) groups is 2. The molecular formula is C18H27N3O4. The van der Waals surface area contributed by atoms with Gasteiger partial charge in [0.15, 0.2) is 12.1 Å². The highest BCUT2D eigenvalue weighted by molar-refractivity contribution is 5.93.